The maximum absolute atomic E-state index is 12.7. The van der Waals surface area contributed by atoms with Crippen LogP contribution >= 0.6 is 0 Å². The van der Waals surface area contributed by atoms with Crippen molar-refractivity contribution >= 4 is 5.84 Å². The number of oxime groups is 1. The molecule has 0 bridgehead atoms. The van der Waals surface area contributed by atoms with Gasteiger partial charge in [-0.3, -0.25) is 0 Å². The molecule has 0 radical (unpaired) electrons. The van der Waals surface area contributed by atoms with Gasteiger partial charge in [-0.2, -0.15) is 13.2 Å². The van der Waals surface area contributed by atoms with Gasteiger partial charge in [0.2, 0.25) is 0 Å². The van der Waals surface area contributed by atoms with Crippen LogP contribution in [0.5, 0.6) is 5.75 Å². The molecule has 118 valence electrons. The average Bonchev–Trinajstić information content (AvgIpc) is 2.44. The van der Waals surface area contributed by atoms with Crippen LogP contribution in [0, 0.1) is 5.92 Å². The van der Waals surface area contributed by atoms with Gasteiger partial charge in [-0.05, 0) is 24.1 Å². The zero-order valence-electron chi connectivity index (χ0n) is 11.4. The number of alkyl halides is 3. The summed E-state index contributed by atoms with van der Waals surface area (Å²) in [5.41, 5.74) is 6.01. The molecule has 1 rings (SSSR count). The number of hydrogen-bond donors (Lipinski definition) is 2. The molecule has 0 fully saturated rings. The Hall–Kier alpha value is -1.96. The van der Waals surface area contributed by atoms with Crippen molar-refractivity contribution in [2.75, 3.05) is 20.3 Å². The summed E-state index contributed by atoms with van der Waals surface area (Å²) in [6.45, 7) is -0.198. The van der Waals surface area contributed by atoms with Crippen molar-refractivity contribution in [3.63, 3.8) is 0 Å². The second-order valence-corrected chi connectivity index (χ2v) is 4.32. The van der Waals surface area contributed by atoms with E-state index in [1.165, 1.54) is 0 Å². The summed E-state index contributed by atoms with van der Waals surface area (Å²) in [5.74, 6) is -2.81. The number of methoxy groups -OCH3 is 1. The standard InChI is InChI=1S/C13H17F3N2O3/c1-20-7-6-9-2-4-10(5-3-9)21-8-11(12(17)18-19)13(14,15)16/h2-5,11,19H,6-8H2,1H3,(H2,17,18). The molecule has 0 aliphatic rings. The lowest BCUT2D eigenvalue weighted by Crippen LogP contribution is -2.40. The molecule has 0 aliphatic carbocycles. The van der Waals surface area contributed by atoms with Crippen molar-refractivity contribution in [1.82, 2.24) is 0 Å². The smallest absolute Gasteiger partial charge is 0.402 e. The fourth-order valence-corrected chi connectivity index (χ4v) is 1.57. The maximum atomic E-state index is 12.7. The van der Waals surface area contributed by atoms with Crippen LogP contribution in [-0.2, 0) is 11.2 Å². The zero-order chi connectivity index (χ0) is 15.9. The van der Waals surface area contributed by atoms with Crippen LogP contribution in [0.25, 0.3) is 0 Å². The molecular formula is C13H17F3N2O3. The molecule has 5 nitrogen and oxygen atoms in total. The Morgan fingerprint density at radius 3 is 2.43 bits per heavy atom. The predicted molar refractivity (Wildman–Crippen MR) is 70.5 cm³/mol. The summed E-state index contributed by atoms with van der Waals surface area (Å²) < 4.78 is 48.1. The van der Waals surface area contributed by atoms with Crippen molar-refractivity contribution in [3.8, 4) is 5.75 Å². The van der Waals surface area contributed by atoms with Gasteiger partial charge in [0.1, 0.15) is 18.3 Å². The molecule has 0 heterocycles. The van der Waals surface area contributed by atoms with Gasteiger partial charge in [0.15, 0.2) is 5.84 Å². The number of hydrogen-bond acceptors (Lipinski definition) is 4. The van der Waals surface area contributed by atoms with Gasteiger partial charge in [0, 0.05) is 7.11 Å². The highest BCUT2D eigenvalue weighted by Gasteiger charge is 2.43. The maximum Gasteiger partial charge on any atom is 0.402 e. The molecule has 0 spiro atoms. The molecule has 0 amide bonds. The van der Waals surface area contributed by atoms with Crippen LogP contribution in [-0.4, -0.2) is 37.5 Å². The monoisotopic (exact) mass is 306 g/mol. The van der Waals surface area contributed by atoms with Crippen molar-refractivity contribution in [1.29, 1.82) is 0 Å². The Bertz CT molecular complexity index is 461. The lowest BCUT2D eigenvalue weighted by atomic mass is 10.1. The first-order valence-corrected chi connectivity index (χ1v) is 6.13. The first-order chi connectivity index (χ1) is 9.88. The Kier molecular flexibility index (Phi) is 6.29. The van der Waals surface area contributed by atoms with Gasteiger partial charge in [0.05, 0.1) is 6.61 Å². The summed E-state index contributed by atoms with van der Waals surface area (Å²) in [7, 11) is 1.59. The van der Waals surface area contributed by atoms with E-state index in [1.54, 1.807) is 31.4 Å². The number of benzene rings is 1. The van der Waals surface area contributed by atoms with Crippen LogP contribution in [0.1, 0.15) is 5.56 Å². The van der Waals surface area contributed by atoms with Crippen LogP contribution in [0.15, 0.2) is 29.4 Å². The van der Waals surface area contributed by atoms with Crippen molar-refractivity contribution in [2.45, 2.75) is 12.6 Å². The summed E-state index contributed by atoms with van der Waals surface area (Å²) in [6, 6.07) is 6.59. The number of halogens is 3. The Morgan fingerprint density at radius 1 is 1.33 bits per heavy atom. The highest BCUT2D eigenvalue weighted by molar-refractivity contribution is 5.83. The second kappa shape index (κ2) is 7.72. The lowest BCUT2D eigenvalue weighted by Gasteiger charge is -2.19. The van der Waals surface area contributed by atoms with E-state index in [4.69, 9.17) is 20.4 Å². The molecule has 0 saturated heterocycles. The van der Waals surface area contributed by atoms with E-state index >= 15 is 0 Å². The van der Waals surface area contributed by atoms with Crippen molar-refractivity contribution in [2.24, 2.45) is 16.8 Å². The fourth-order valence-electron chi connectivity index (χ4n) is 1.57. The van der Waals surface area contributed by atoms with E-state index in [9.17, 15) is 13.2 Å². The Morgan fingerprint density at radius 2 is 1.95 bits per heavy atom. The number of rotatable bonds is 7. The largest absolute Gasteiger partial charge is 0.492 e. The van der Waals surface area contributed by atoms with Crippen LogP contribution in [0.3, 0.4) is 0 Å². The number of nitrogens with zero attached hydrogens (tertiary/aromatic N) is 1. The molecule has 1 aromatic rings. The van der Waals surface area contributed by atoms with E-state index in [1.807, 2.05) is 0 Å². The van der Waals surface area contributed by atoms with Gasteiger partial charge in [-0.1, -0.05) is 17.3 Å². The van der Waals surface area contributed by atoms with Gasteiger partial charge in [-0.25, -0.2) is 0 Å². The number of nitrogens with two attached hydrogens (primary N) is 1. The van der Waals surface area contributed by atoms with Crippen LogP contribution in [0.2, 0.25) is 0 Å². The molecule has 0 saturated carbocycles. The van der Waals surface area contributed by atoms with E-state index < -0.39 is 24.5 Å². The van der Waals surface area contributed by atoms with E-state index in [2.05, 4.69) is 5.16 Å². The highest BCUT2D eigenvalue weighted by atomic mass is 19.4. The SMILES string of the molecule is COCCc1ccc(OCC(/C(N)=N/O)C(F)(F)F)cc1. The minimum absolute atomic E-state index is 0.274. The van der Waals surface area contributed by atoms with E-state index in [-0.39, 0.29) is 5.75 Å². The first kappa shape index (κ1) is 17.1. The summed E-state index contributed by atoms with van der Waals surface area (Å²) in [5, 5.41) is 10.8. The first-order valence-electron chi connectivity index (χ1n) is 6.13. The zero-order valence-corrected chi connectivity index (χ0v) is 11.4. The molecule has 0 aromatic heterocycles. The molecule has 0 aliphatic heterocycles. The predicted octanol–water partition coefficient (Wildman–Crippen LogP) is 2.18. The summed E-state index contributed by atoms with van der Waals surface area (Å²) >= 11 is 0. The Balaban J connectivity index is 2.64. The quantitative estimate of drug-likeness (QED) is 0.350. The molecular weight excluding hydrogens is 289 g/mol. The molecule has 1 aromatic carbocycles. The minimum Gasteiger partial charge on any atom is -0.492 e. The van der Waals surface area contributed by atoms with Crippen molar-refractivity contribution < 1.29 is 27.9 Å². The third-order valence-corrected chi connectivity index (χ3v) is 2.80. The summed E-state index contributed by atoms with van der Waals surface area (Å²) in [6.07, 6.45) is -3.94. The molecule has 21 heavy (non-hydrogen) atoms. The molecule has 1 unspecified atom stereocenters. The van der Waals surface area contributed by atoms with E-state index in [0.717, 1.165) is 5.56 Å². The van der Waals surface area contributed by atoms with Crippen LogP contribution in [0.4, 0.5) is 13.2 Å². The van der Waals surface area contributed by atoms with Crippen molar-refractivity contribution in [3.05, 3.63) is 29.8 Å². The average molecular weight is 306 g/mol. The third-order valence-electron chi connectivity index (χ3n) is 2.80. The second-order valence-electron chi connectivity index (χ2n) is 4.32. The molecule has 8 heteroatoms. The van der Waals surface area contributed by atoms with Gasteiger partial charge < -0.3 is 20.4 Å². The third kappa shape index (κ3) is 5.50. The van der Waals surface area contributed by atoms with Gasteiger partial charge in [0.25, 0.3) is 0 Å². The van der Waals surface area contributed by atoms with Crippen LogP contribution < -0.4 is 10.5 Å². The Labute approximate surface area is 120 Å². The molecule has 1 atom stereocenters. The lowest BCUT2D eigenvalue weighted by molar-refractivity contribution is -0.162. The number of ether oxygens (including phenoxy) is 2. The fraction of sp³-hybridized carbons (Fsp3) is 0.462. The normalized spacial score (nSPS) is 14.0. The minimum atomic E-state index is -4.64. The van der Waals surface area contributed by atoms with E-state index in [0.29, 0.717) is 13.0 Å². The van der Waals surface area contributed by atoms with Gasteiger partial charge in [-0.15, -0.1) is 0 Å². The van der Waals surface area contributed by atoms with Gasteiger partial charge >= 0.3 is 6.18 Å². The highest BCUT2D eigenvalue weighted by Crippen LogP contribution is 2.27. The number of amidine groups is 1. The summed E-state index contributed by atoms with van der Waals surface area (Å²) in [4.78, 5) is 0. The molecule has 3 N–H and O–H groups in total. The topological polar surface area (TPSA) is 77.1 Å².